The summed E-state index contributed by atoms with van der Waals surface area (Å²) >= 11 is 0. The van der Waals surface area contributed by atoms with Gasteiger partial charge in [0.2, 0.25) is 65.0 Å². The zero-order valence-electron chi connectivity index (χ0n) is 60.2. The molecule has 0 unspecified atom stereocenters. The first-order chi connectivity index (χ1) is 41.8. The van der Waals surface area contributed by atoms with Crippen molar-refractivity contribution in [2.75, 3.05) is 70.0 Å². The fraction of sp³-hybridized carbons (Fsp3) is 0.803. The summed E-state index contributed by atoms with van der Waals surface area (Å²) < 4.78 is 0. The molecule has 25 nitrogen and oxygen atoms in total. The Morgan fingerprint density at radius 1 is 0.495 bits per heavy atom. The van der Waals surface area contributed by atoms with E-state index < -0.39 is 161 Å². The Kier molecular flexibility index (Phi) is 33.6. The highest BCUT2D eigenvalue weighted by molar-refractivity contribution is 6.00. The SMILES string of the molecule is CC=CC[C@@H](C)[C@@H](O)[C@H]1C(=O)N[C@@H](CC)C(=O)N(C)[C@H](CCN(C)C)C(=O)N(C)[C@@H](CC(C)(C)O)C(=O)N[C@@H](C(C)C)C(=O)N(C)[C@@H](CC(C)C)C(=O)N[C@@H](C)C(=O)N[C@H](C)C(=O)N(C)[C@@H](CC(C)C)C(=O)N(C)[C@@H](CC(C)C)C(=O)N(C)[C@@H](C(C)C)C(=O)N1C. The summed E-state index contributed by atoms with van der Waals surface area (Å²) in [7, 11) is 13.4. The molecule has 1 aliphatic rings. The normalized spacial score (nSPS) is 26.9. The zero-order chi connectivity index (χ0) is 70.8. The summed E-state index contributed by atoms with van der Waals surface area (Å²) in [5, 5.41) is 34.6. The second-order valence-electron chi connectivity index (χ2n) is 28.3. The van der Waals surface area contributed by atoms with E-state index in [2.05, 4.69) is 21.3 Å². The van der Waals surface area contributed by atoms with Crippen LogP contribution in [-0.2, 0) is 52.7 Å². The van der Waals surface area contributed by atoms with E-state index in [1.165, 1.54) is 102 Å². The van der Waals surface area contributed by atoms with Gasteiger partial charge < -0.3 is 70.7 Å². The minimum absolute atomic E-state index is 0.0235. The number of nitrogens with one attached hydrogen (secondary N) is 4. The van der Waals surface area contributed by atoms with Gasteiger partial charge in [0.25, 0.3) is 0 Å². The van der Waals surface area contributed by atoms with E-state index in [0.717, 1.165) is 9.80 Å². The Morgan fingerprint density at radius 3 is 1.36 bits per heavy atom. The maximum atomic E-state index is 15.3. The first-order valence-electron chi connectivity index (χ1n) is 32.6. The highest BCUT2D eigenvalue weighted by Crippen LogP contribution is 2.26. The number of carbonyl (C=O) groups excluding carboxylic acids is 11. The zero-order valence-corrected chi connectivity index (χ0v) is 60.2. The molecule has 0 aromatic heterocycles. The molecule has 1 saturated heterocycles. The van der Waals surface area contributed by atoms with Gasteiger partial charge in [-0.2, -0.15) is 0 Å². The minimum atomic E-state index is -1.66. The van der Waals surface area contributed by atoms with Gasteiger partial charge in [0.1, 0.15) is 66.5 Å². The molecule has 0 aliphatic carbocycles. The first-order valence-corrected chi connectivity index (χ1v) is 32.6. The largest absolute Gasteiger partial charge is 0.390 e. The standard InChI is InChI=1S/C66H120N12O13/c1-27-29-30-42(13)54(79)53-58(83)69-45(28-2)60(85)72(20)46(31-32-71(18)19)61(86)76(24)50(36-66(16,17)91)57(82)70-51(40(9)10)64(89)73(21)47(33-37(3)4)56(81)67-43(14)55(80)68-44(15)59(84)74(22)48(34-38(5)6)62(87)75(23)49(35-39(7)8)63(88)77(25)52(41(11)12)65(90)78(53)26/h27,29,37-54,79,91H,28,30-36H2,1-26H3,(H,67,81)(H,68,80)(H,69,83)(H,70,82)/t42-,43+,44-,45+,46-,47+,48+,49+,50+,51+,52+,53+,54-/m1/s1. The van der Waals surface area contributed by atoms with Gasteiger partial charge in [-0.25, -0.2) is 0 Å². The fourth-order valence-electron chi connectivity index (χ4n) is 11.5. The van der Waals surface area contributed by atoms with Crippen molar-refractivity contribution in [3.8, 4) is 0 Å². The summed E-state index contributed by atoms with van der Waals surface area (Å²) in [5.74, 6) is -10.3. The lowest BCUT2D eigenvalue weighted by Crippen LogP contribution is -2.64. The number of amides is 11. The van der Waals surface area contributed by atoms with Crippen LogP contribution in [0.2, 0.25) is 0 Å². The Bertz CT molecular complexity index is 2500. The van der Waals surface area contributed by atoms with Gasteiger partial charge in [0, 0.05) is 55.8 Å². The van der Waals surface area contributed by atoms with Crippen LogP contribution < -0.4 is 21.3 Å². The number of likely N-dealkylation sites (N-methyl/N-ethyl adjacent to an activating group) is 7. The quantitative estimate of drug-likeness (QED) is 0.108. The first kappa shape index (κ1) is 82.8. The summed E-state index contributed by atoms with van der Waals surface area (Å²) in [6.07, 6.45) is 2.38. The fourth-order valence-corrected chi connectivity index (χ4v) is 11.5. The predicted molar refractivity (Wildman–Crippen MR) is 352 cm³/mol. The lowest BCUT2D eigenvalue weighted by Gasteiger charge is -2.41. The monoisotopic (exact) mass is 1290 g/mol. The van der Waals surface area contributed by atoms with Crippen molar-refractivity contribution in [3.05, 3.63) is 12.2 Å². The molecular weight excluding hydrogens is 1170 g/mol. The number of carbonyl (C=O) groups is 11. The highest BCUT2D eigenvalue weighted by atomic mass is 16.3. The number of allylic oxidation sites excluding steroid dienone is 2. The summed E-state index contributed by atoms with van der Waals surface area (Å²) in [6.45, 7) is 29.1. The smallest absolute Gasteiger partial charge is 0.246 e. The Balaban J connectivity index is 4.54. The van der Waals surface area contributed by atoms with E-state index >= 15 is 28.8 Å². The lowest BCUT2D eigenvalue weighted by atomic mass is 9.91. The van der Waals surface area contributed by atoms with Crippen molar-refractivity contribution in [1.29, 1.82) is 0 Å². The molecule has 0 radical (unpaired) electrons. The van der Waals surface area contributed by atoms with Gasteiger partial charge >= 0.3 is 0 Å². The van der Waals surface area contributed by atoms with Crippen molar-refractivity contribution >= 4 is 65.0 Å². The van der Waals surface area contributed by atoms with Crippen LogP contribution >= 0.6 is 0 Å². The van der Waals surface area contributed by atoms with Crippen molar-refractivity contribution < 1.29 is 63.0 Å². The molecule has 6 N–H and O–H groups in total. The molecule has 1 rings (SSSR count). The topological polar surface area (TPSA) is 302 Å². The molecule has 1 heterocycles. The Morgan fingerprint density at radius 2 is 0.912 bits per heavy atom. The molecule has 0 aromatic rings. The van der Waals surface area contributed by atoms with Crippen molar-refractivity contribution in [2.24, 2.45) is 35.5 Å². The number of aliphatic hydroxyl groups excluding tert-OH is 1. The average Bonchev–Trinajstić information content (AvgIpc) is 0.888. The minimum Gasteiger partial charge on any atom is -0.390 e. The molecule has 0 aromatic carbocycles. The van der Waals surface area contributed by atoms with Crippen LogP contribution in [0.4, 0.5) is 0 Å². The van der Waals surface area contributed by atoms with Gasteiger partial charge in [0.15, 0.2) is 0 Å². The molecule has 0 bridgehead atoms. The van der Waals surface area contributed by atoms with E-state index in [4.69, 9.17) is 0 Å². The van der Waals surface area contributed by atoms with Gasteiger partial charge in [-0.1, -0.05) is 95.2 Å². The van der Waals surface area contributed by atoms with Crippen molar-refractivity contribution in [1.82, 2.24) is 60.5 Å². The maximum absolute atomic E-state index is 15.3. The van der Waals surface area contributed by atoms with Crippen LogP contribution in [0.25, 0.3) is 0 Å². The third-order valence-electron chi connectivity index (χ3n) is 17.2. The lowest BCUT2D eigenvalue weighted by molar-refractivity contribution is -0.157. The molecule has 25 heteroatoms. The number of nitrogens with zero attached hydrogens (tertiary/aromatic N) is 8. The maximum Gasteiger partial charge on any atom is 0.246 e. The molecule has 1 aliphatic heterocycles. The molecule has 522 valence electrons. The summed E-state index contributed by atoms with van der Waals surface area (Å²) in [5.41, 5.74) is -1.58. The number of rotatable bonds is 18. The molecule has 0 saturated carbocycles. The van der Waals surface area contributed by atoms with E-state index in [1.807, 2.05) is 41.5 Å². The summed E-state index contributed by atoms with van der Waals surface area (Å²) in [6, 6.07) is -14.4. The van der Waals surface area contributed by atoms with Crippen LogP contribution in [0.5, 0.6) is 0 Å². The number of aliphatic hydroxyl groups is 2. The van der Waals surface area contributed by atoms with E-state index in [1.54, 1.807) is 79.6 Å². The third-order valence-corrected chi connectivity index (χ3v) is 17.2. The van der Waals surface area contributed by atoms with E-state index in [-0.39, 0.29) is 69.2 Å². The van der Waals surface area contributed by atoms with Crippen molar-refractivity contribution in [3.63, 3.8) is 0 Å². The number of hydrogen-bond acceptors (Lipinski definition) is 14. The molecule has 11 amide bonds. The van der Waals surface area contributed by atoms with Crippen LogP contribution in [0.15, 0.2) is 12.2 Å². The van der Waals surface area contributed by atoms with Crippen LogP contribution in [0.1, 0.15) is 163 Å². The molecule has 13 atom stereocenters. The van der Waals surface area contributed by atoms with Crippen LogP contribution in [0.3, 0.4) is 0 Å². The van der Waals surface area contributed by atoms with Gasteiger partial charge in [-0.05, 0) is 129 Å². The molecular formula is C66H120N12O13. The summed E-state index contributed by atoms with van der Waals surface area (Å²) in [4.78, 5) is 173. The number of hydrogen-bond donors (Lipinski definition) is 6. The van der Waals surface area contributed by atoms with E-state index in [9.17, 15) is 34.2 Å². The van der Waals surface area contributed by atoms with Crippen LogP contribution in [-0.4, -0.2) is 263 Å². The molecule has 91 heavy (non-hydrogen) atoms. The third kappa shape index (κ3) is 23.7. The van der Waals surface area contributed by atoms with E-state index in [0.29, 0.717) is 0 Å². The molecule has 1 fully saturated rings. The van der Waals surface area contributed by atoms with Gasteiger partial charge in [-0.15, -0.1) is 0 Å². The van der Waals surface area contributed by atoms with Gasteiger partial charge in [-0.3, -0.25) is 52.7 Å². The second kappa shape index (κ2) is 36.9. The second-order valence-corrected chi connectivity index (χ2v) is 28.3. The molecule has 0 spiro atoms. The predicted octanol–water partition coefficient (Wildman–Crippen LogP) is 2.70. The van der Waals surface area contributed by atoms with Crippen LogP contribution in [0, 0.1) is 35.5 Å². The Labute approximate surface area is 544 Å². The van der Waals surface area contributed by atoms with Crippen molar-refractivity contribution in [2.45, 2.75) is 241 Å². The van der Waals surface area contributed by atoms with Gasteiger partial charge in [0.05, 0.1) is 11.7 Å². The Hall–Kier alpha value is -6.21. The highest BCUT2D eigenvalue weighted by Gasteiger charge is 2.47. The average molecular weight is 1290 g/mol.